The molecule has 1 aromatic carbocycles. The molecule has 1 heterocycles. The lowest BCUT2D eigenvalue weighted by molar-refractivity contribution is -0.384. The summed E-state index contributed by atoms with van der Waals surface area (Å²) in [5, 5.41) is 11.0. The zero-order valence-electron chi connectivity index (χ0n) is 22.0. The van der Waals surface area contributed by atoms with Crippen molar-refractivity contribution in [2.45, 2.75) is 33.7 Å². The third-order valence-electron chi connectivity index (χ3n) is 5.80. The van der Waals surface area contributed by atoms with E-state index in [4.69, 9.17) is 18.9 Å². The van der Waals surface area contributed by atoms with Crippen molar-refractivity contribution in [1.29, 1.82) is 0 Å². The van der Waals surface area contributed by atoms with Crippen molar-refractivity contribution >= 4 is 35.6 Å². The normalized spacial score (nSPS) is 14.1. The number of methoxy groups -OCH3 is 2. The van der Waals surface area contributed by atoms with Gasteiger partial charge in [-0.05, 0) is 45.4 Å². The molecule has 1 aliphatic heterocycles. The Hall–Kier alpha value is -4.48. The van der Waals surface area contributed by atoms with Gasteiger partial charge in [-0.3, -0.25) is 10.1 Å². The molecule has 0 fully saturated rings. The van der Waals surface area contributed by atoms with Crippen LogP contribution in [0.3, 0.4) is 0 Å². The van der Waals surface area contributed by atoms with Gasteiger partial charge < -0.3 is 23.8 Å². The van der Waals surface area contributed by atoms with E-state index in [0.29, 0.717) is 5.56 Å². The summed E-state index contributed by atoms with van der Waals surface area (Å²) in [5.41, 5.74) is 0.706. The van der Waals surface area contributed by atoms with Crippen molar-refractivity contribution in [3.8, 4) is 0 Å². The lowest BCUT2D eigenvalue weighted by Gasteiger charge is -2.39. The Morgan fingerprint density at radius 2 is 1.37 bits per heavy atom. The fraction of sp³-hybridized carbons (Fsp3) is 0.385. The van der Waals surface area contributed by atoms with Gasteiger partial charge in [0.1, 0.15) is 0 Å². The van der Waals surface area contributed by atoms with E-state index in [1.807, 2.05) is 0 Å². The number of nitro benzene ring substituents is 1. The summed E-state index contributed by atoms with van der Waals surface area (Å²) in [4.78, 5) is 63.5. The van der Waals surface area contributed by atoms with Gasteiger partial charge in [-0.15, -0.1) is 0 Å². The smallest absolute Gasteiger partial charge is 0.340 e. The SMILES string of the molecule is CCOC(=O)C(C(=O)OCC)N1C(C)=C(C(=O)OC)C(/C=C/c2ccc([N+](=O)[O-])cc2)C(C(=O)OC)=C1C. The van der Waals surface area contributed by atoms with E-state index in [9.17, 15) is 29.3 Å². The summed E-state index contributed by atoms with van der Waals surface area (Å²) >= 11 is 0. The average molecular weight is 531 g/mol. The van der Waals surface area contributed by atoms with E-state index < -0.39 is 40.8 Å². The Morgan fingerprint density at radius 1 is 0.921 bits per heavy atom. The lowest BCUT2D eigenvalue weighted by Crippen LogP contribution is -2.50. The van der Waals surface area contributed by atoms with Crippen LogP contribution in [0.25, 0.3) is 6.08 Å². The molecule has 0 atom stereocenters. The van der Waals surface area contributed by atoms with E-state index in [1.54, 1.807) is 19.9 Å². The Labute approximate surface area is 219 Å². The number of esters is 4. The molecular weight excluding hydrogens is 500 g/mol. The molecule has 1 aliphatic rings. The van der Waals surface area contributed by atoms with Crippen molar-refractivity contribution in [2.75, 3.05) is 27.4 Å². The van der Waals surface area contributed by atoms with Gasteiger partial charge in [-0.2, -0.15) is 0 Å². The molecule has 2 rings (SSSR count). The second-order valence-electron chi connectivity index (χ2n) is 7.94. The Kier molecular flexibility index (Phi) is 10.3. The minimum atomic E-state index is -1.64. The standard InChI is InChI=1S/C26H30N2O10/c1-7-37-25(31)22(26(32)38-8-2)27-15(3)20(23(29)35-5)19(21(16(27)4)24(30)36-6)14-11-17-9-12-18(13-10-17)28(33)34/h9-14,19,22H,7-8H2,1-6H3/b14-11+. The van der Waals surface area contributed by atoms with Crippen LogP contribution in [0.5, 0.6) is 0 Å². The number of non-ortho nitro benzene ring substituents is 1. The molecule has 204 valence electrons. The monoisotopic (exact) mass is 530 g/mol. The van der Waals surface area contributed by atoms with Crippen LogP contribution in [-0.2, 0) is 38.1 Å². The number of nitrogens with zero attached hydrogens (tertiary/aromatic N) is 2. The first kappa shape index (κ1) is 29.7. The van der Waals surface area contributed by atoms with E-state index in [1.165, 1.54) is 49.1 Å². The highest BCUT2D eigenvalue weighted by Crippen LogP contribution is 2.39. The predicted octanol–water partition coefficient (Wildman–Crippen LogP) is 2.93. The fourth-order valence-corrected chi connectivity index (χ4v) is 4.12. The largest absolute Gasteiger partial charge is 0.466 e. The summed E-state index contributed by atoms with van der Waals surface area (Å²) in [6.45, 7) is 6.09. The summed E-state index contributed by atoms with van der Waals surface area (Å²) in [6, 6.07) is 3.99. The Morgan fingerprint density at radius 3 is 1.74 bits per heavy atom. The highest BCUT2D eigenvalue weighted by molar-refractivity contribution is 6.02. The molecule has 1 aromatic rings. The molecule has 0 N–H and O–H groups in total. The van der Waals surface area contributed by atoms with Gasteiger partial charge in [0, 0.05) is 29.4 Å². The molecule has 0 aromatic heterocycles. The molecule has 38 heavy (non-hydrogen) atoms. The summed E-state index contributed by atoms with van der Waals surface area (Å²) in [6.07, 6.45) is 3.11. The second kappa shape index (κ2) is 13.2. The van der Waals surface area contributed by atoms with Crippen LogP contribution in [0.1, 0.15) is 33.3 Å². The maximum absolute atomic E-state index is 13.0. The molecule has 0 aliphatic carbocycles. The summed E-state index contributed by atoms with van der Waals surface area (Å²) in [7, 11) is 2.31. The zero-order chi connectivity index (χ0) is 28.6. The number of hydrogen-bond acceptors (Lipinski definition) is 11. The fourth-order valence-electron chi connectivity index (χ4n) is 4.12. The number of ether oxygens (including phenoxy) is 4. The molecule has 0 saturated heterocycles. The number of rotatable bonds is 10. The molecule has 0 amide bonds. The number of hydrogen-bond donors (Lipinski definition) is 0. The quantitative estimate of drug-likeness (QED) is 0.144. The van der Waals surface area contributed by atoms with Gasteiger partial charge in [0.05, 0.1) is 43.5 Å². The zero-order valence-corrected chi connectivity index (χ0v) is 22.0. The molecule has 0 bridgehead atoms. The van der Waals surface area contributed by atoms with Gasteiger partial charge in [-0.1, -0.05) is 12.2 Å². The number of carbonyl (C=O) groups excluding carboxylic acids is 4. The van der Waals surface area contributed by atoms with E-state index in [-0.39, 0.29) is 41.4 Å². The highest BCUT2D eigenvalue weighted by Gasteiger charge is 2.45. The van der Waals surface area contributed by atoms with Gasteiger partial charge >= 0.3 is 23.9 Å². The minimum Gasteiger partial charge on any atom is -0.466 e. The van der Waals surface area contributed by atoms with E-state index in [0.717, 1.165) is 14.2 Å². The van der Waals surface area contributed by atoms with Crippen molar-refractivity contribution in [2.24, 2.45) is 5.92 Å². The topological polar surface area (TPSA) is 152 Å². The first-order valence-electron chi connectivity index (χ1n) is 11.7. The molecule has 0 unspecified atom stereocenters. The van der Waals surface area contributed by atoms with E-state index >= 15 is 0 Å². The van der Waals surface area contributed by atoms with Gasteiger partial charge in [0.2, 0.25) is 6.04 Å². The number of allylic oxidation sites excluding steroid dienone is 3. The summed E-state index contributed by atoms with van der Waals surface area (Å²) < 4.78 is 20.2. The molecule has 12 heteroatoms. The van der Waals surface area contributed by atoms with Crippen LogP contribution < -0.4 is 0 Å². The molecule has 0 saturated carbocycles. The third-order valence-corrected chi connectivity index (χ3v) is 5.80. The molecule has 0 spiro atoms. The van der Waals surface area contributed by atoms with Crippen molar-refractivity contribution in [3.05, 3.63) is 68.6 Å². The summed E-state index contributed by atoms with van der Waals surface area (Å²) in [5.74, 6) is -4.50. The number of benzene rings is 1. The van der Waals surface area contributed by atoms with E-state index in [2.05, 4.69) is 0 Å². The van der Waals surface area contributed by atoms with Gasteiger partial charge in [0.25, 0.3) is 5.69 Å². The minimum absolute atomic E-state index is 0.0254. The molecule has 12 nitrogen and oxygen atoms in total. The van der Waals surface area contributed by atoms with Crippen LogP contribution >= 0.6 is 0 Å². The Bertz CT molecular complexity index is 1140. The van der Waals surface area contributed by atoms with Gasteiger partial charge in [0.15, 0.2) is 0 Å². The predicted molar refractivity (Wildman–Crippen MR) is 134 cm³/mol. The average Bonchev–Trinajstić information content (AvgIpc) is 2.89. The molecular formula is C26H30N2O10. The number of carbonyl (C=O) groups is 4. The molecule has 0 radical (unpaired) electrons. The van der Waals surface area contributed by atoms with Crippen LogP contribution in [-0.4, -0.2) is 67.2 Å². The third kappa shape index (κ3) is 6.25. The van der Waals surface area contributed by atoms with Gasteiger partial charge in [-0.25, -0.2) is 19.2 Å². The van der Waals surface area contributed by atoms with Crippen LogP contribution in [0.2, 0.25) is 0 Å². The maximum atomic E-state index is 13.0. The van der Waals surface area contributed by atoms with Crippen LogP contribution in [0.15, 0.2) is 52.9 Å². The van der Waals surface area contributed by atoms with Crippen molar-refractivity contribution in [3.63, 3.8) is 0 Å². The highest BCUT2D eigenvalue weighted by atomic mass is 16.6. The van der Waals surface area contributed by atoms with Crippen molar-refractivity contribution < 1.29 is 43.0 Å². The second-order valence-corrected chi connectivity index (χ2v) is 7.94. The first-order valence-corrected chi connectivity index (χ1v) is 11.7. The Balaban J connectivity index is 2.77. The lowest BCUT2D eigenvalue weighted by atomic mass is 9.83. The first-order chi connectivity index (χ1) is 18.0. The van der Waals surface area contributed by atoms with Crippen LogP contribution in [0, 0.1) is 16.0 Å². The van der Waals surface area contributed by atoms with Crippen molar-refractivity contribution in [1.82, 2.24) is 4.90 Å². The van der Waals surface area contributed by atoms with Crippen LogP contribution in [0.4, 0.5) is 5.69 Å². The maximum Gasteiger partial charge on any atom is 0.340 e. The number of nitro groups is 1.